The first-order valence-corrected chi connectivity index (χ1v) is 8.66. The summed E-state index contributed by atoms with van der Waals surface area (Å²) in [5.41, 5.74) is 6.41. The van der Waals surface area contributed by atoms with Crippen molar-refractivity contribution in [2.24, 2.45) is 5.73 Å². The number of hydrogen-bond donors (Lipinski definition) is 1. The van der Waals surface area contributed by atoms with Crippen molar-refractivity contribution in [1.29, 1.82) is 0 Å². The van der Waals surface area contributed by atoms with Gasteiger partial charge in [0.1, 0.15) is 11.9 Å². The van der Waals surface area contributed by atoms with Crippen molar-refractivity contribution < 1.29 is 18.7 Å². The van der Waals surface area contributed by atoms with Crippen molar-refractivity contribution in [3.63, 3.8) is 0 Å². The van der Waals surface area contributed by atoms with Crippen molar-refractivity contribution in [2.75, 3.05) is 19.7 Å². The van der Waals surface area contributed by atoms with Crippen molar-refractivity contribution in [2.45, 2.75) is 50.5 Å². The summed E-state index contributed by atoms with van der Waals surface area (Å²) in [6.45, 7) is 2.05. The van der Waals surface area contributed by atoms with E-state index in [2.05, 4.69) is 0 Å². The maximum atomic E-state index is 13.5. The van der Waals surface area contributed by atoms with Crippen LogP contribution in [0.5, 0.6) is 0 Å². The molecule has 2 heterocycles. The summed E-state index contributed by atoms with van der Waals surface area (Å²) in [5.74, 6) is -0.344. The number of carbonyl (C=O) groups excluding carboxylic acids is 1. The second-order valence-corrected chi connectivity index (χ2v) is 6.54. The number of amides is 1. The predicted octanol–water partition coefficient (Wildman–Crippen LogP) is 1.84. The van der Waals surface area contributed by atoms with Gasteiger partial charge >= 0.3 is 0 Å². The lowest BCUT2D eigenvalue weighted by molar-refractivity contribution is -0.145. The number of benzene rings is 1. The van der Waals surface area contributed by atoms with E-state index in [1.807, 2.05) is 6.07 Å². The van der Waals surface area contributed by atoms with E-state index >= 15 is 0 Å². The maximum Gasteiger partial charge on any atom is 0.252 e. The molecule has 2 N–H and O–H groups in total. The van der Waals surface area contributed by atoms with Crippen LogP contribution in [0.4, 0.5) is 4.39 Å². The van der Waals surface area contributed by atoms with Gasteiger partial charge in [-0.1, -0.05) is 12.1 Å². The summed E-state index contributed by atoms with van der Waals surface area (Å²) in [4.78, 5) is 14.6. The second-order valence-electron chi connectivity index (χ2n) is 6.54. The zero-order valence-corrected chi connectivity index (χ0v) is 13.8. The second kappa shape index (κ2) is 8.05. The Labute approximate surface area is 141 Å². The Kier molecular flexibility index (Phi) is 5.81. The lowest BCUT2D eigenvalue weighted by atomic mass is 10.1. The van der Waals surface area contributed by atoms with Gasteiger partial charge in [-0.25, -0.2) is 4.39 Å². The first-order chi connectivity index (χ1) is 11.7. The maximum absolute atomic E-state index is 13.5. The molecule has 0 saturated carbocycles. The van der Waals surface area contributed by atoms with Gasteiger partial charge in [0.15, 0.2) is 0 Å². The molecule has 132 valence electrons. The first kappa shape index (κ1) is 17.3. The van der Waals surface area contributed by atoms with Crippen LogP contribution >= 0.6 is 0 Å². The first-order valence-electron chi connectivity index (χ1n) is 8.66. The number of nitrogens with zero attached hydrogens (tertiary/aromatic N) is 1. The smallest absolute Gasteiger partial charge is 0.252 e. The Bertz CT molecular complexity index is 563. The molecule has 2 aliphatic rings. The molecule has 2 aliphatic heterocycles. The van der Waals surface area contributed by atoms with Crippen LogP contribution in [-0.2, 0) is 20.8 Å². The molecule has 3 rings (SSSR count). The van der Waals surface area contributed by atoms with Gasteiger partial charge in [0.25, 0.3) is 5.91 Å². The monoisotopic (exact) mass is 336 g/mol. The van der Waals surface area contributed by atoms with E-state index in [0.717, 1.165) is 31.4 Å². The topological polar surface area (TPSA) is 64.8 Å². The third kappa shape index (κ3) is 4.32. The lowest BCUT2D eigenvalue weighted by Gasteiger charge is -2.28. The minimum Gasteiger partial charge on any atom is -0.376 e. The van der Waals surface area contributed by atoms with Gasteiger partial charge in [-0.3, -0.25) is 4.79 Å². The number of halogens is 1. The highest BCUT2D eigenvalue weighted by atomic mass is 19.1. The van der Waals surface area contributed by atoms with Gasteiger partial charge in [0, 0.05) is 26.2 Å². The van der Waals surface area contributed by atoms with Crippen molar-refractivity contribution in [1.82, 2.24) is 4.90 Å². The fourth-order valence-electron chi connectivity index (χ4n) is 3.39. The summed E-state index contributed by atoms with van der Waals surface area (Å²) in [6, 6.07) is 6.36. The van der Waals surface area contributed by atoms with Gasteiger partial charge in [0.05, 0.1) is 12.2 Å². The zero-order chi connectivity index (χ0) is 16.9. The Morgan fingerprint density at radius 3 is 2.83 bits per heavy atom. The van der Waals surface area contributed by atoms with Gasteiger partial charge in [0.2, 0.25) is 0 Å². The zero-order valence-electron chi connectivity index (χ0n) is 13.8. The van der Waals surface area contributed by atoms with E-state index in [1.54, 1.807) is 11.0 Å². The van der Waals surface area contributed by atoms with Crippen molar-refractivity contribution >= 4 is 5.91 Å². The van der Waals surface area contributed by atoms with Crippen LogP contribution in [0.25, 0.3) is 0 Å². The predicted molar refractivity (Wildman–Crippen MR) is 87.7 cm³/mol. The Morgan fingerprint density at radius 1 is 1.29 bits per heavy atom. The van der Waals surface area contributed by atoms with Crippen LogP contribution in [0.2, 0.25) is 0 Å². The Balaban J connectivity index is 1.69. The van der Waals surface area contributed by atoms with Gasteiger partial charge in [-0.15, -0.1) is 0 Å². The molecule has 5 nitrogen and oxygen atoms in total. The molecule has 3 atom stereocenters. The Morgan fingerprint density at radius 2 is 2.17 bits per heavy atom. The van der Waals surface area contributed by atoms with Crippen molar-refractivity contribution in [3.05, 3.63) is 35.6 Å². The number of ether oxygens (including phenoxy) is 2. The van der Waals surface area contributed by atoms with E-state index in [4.69, 9.17) is 15.2 Å². The molecule has 0 radical (unpaired) electrons. The highest BCUT2D eigenvalue weighted by Crippen LogP contribution is 2.23. The quantitative estimate of drug-likeness (QED) is 0.861. The largest absolute Gasteiger partial charge is 0.376 e. The minimum atomic E-state index is -0.450. The number of hydrogen-bond acceptors (Lipinski definition) is 4. The highest BCUT2D eigenvalue weighted by Gasteiger charge is 2.34. The van der Waals surface area contributed by atoms with Gasteiger partial charge in [-0.2, -0.15) is 0 Å². The van der Waals surface area contributed by atoms with E-state index in [0.29, 0.717) is 26.1 Å². The molecule has 1 amide bonds. The molecule has 0 aliphatic carbocycles. The average Bonchev–Trinajstić information content (AvgIpc) is 3.25. The molecule has 6 heteroatoms. The van der Waals surface area contributed by atoms with Crippen molar-refractivity contribution in [3.8, 4) is 0 Å². The highest BCUT2D eigenvalue weighted by molar-refractivity contribution is 5.81. The van der Waals surface area contributed by atoms with E-state index in [1.165, 1.54) is 12.1 Å². The average molecular weight is 336 g/mol. The van der Waals surface area contributed by atoms with Crippen LogP contribution in [0.1, 0.15) is 31.2 Å². The van der Waals surface area contributed by atoms with Crippen LogP contribution in [0.3, 0.4) is 0 Å². The molecule has 0 spiro atoms. The normalized spacial score (nSPS) is 26.7. The van der Waals surface area contributed by atoms with E-state index < -0.39 is 6.10 Å². The molecule has 1 aromatic carbocycles. The molecule has 0 bridgehead atoms. The molecule has 2 saturated heterocycles. The van der Waals surface area contributed by atoms with Crippen LogP contribution < -0.4 is 5.73 Å². The molecular formula is C18H25FN2O3. The van der Waals surface area contributed by atoms with E-state index in [-0.39, 0.29) is 23.9 Å². The van der Waals surface area contributed by atoms with Gasteiger partial charge in [-0.05, 0) is 43.4 Å². The molecule has 0 aromatic heterocycles. The third-order valence-corrected chi connectivity index (χ3v) is 4.67. The fraction of sp³-hybridized carbons (Fsp3) is 0.611. The summed E-state index contributed by atoms with van der Waals surface area (Å²) < 4.78 is 24.9. The molecular weight excluding hydrogens is 311 g/mol. The minimum absolute atomic E-state index is 0.0438. The molecule has 24 heavy (non-hydrogen) atoms. The fourth-order valence-corrected chi connectivity index (χ4v) is 3.39. The summed E-state index contributed by atoms with van der Waals surface area (Å²) >= 11 is 0. The number of rotatable bonds is 6. The number of carbonyl (C=O) groups is 1. The SMILES string of the molecule is NC[C@H]1CC[C@@H](C(=O)N(Cc2cccc(F)c2)CC2CCCO2)O1. The van der Waals surface area contributed by atoms with Gasteiger partial charge < -0.3 is 20.1 Å². The molecule has 1 aromatic rings. The van der Waals surface area contributed by atoms with Crippen LogP contribution in [-0.4, -0.2) is 48.8 Å². The number of nitrogens with two attached hydrogens (primary N) is 1. The summed E-state index contributed by atoms with van der Waals surface area (Å²) in [7, 11) is 0. The standard InChI is InChI=1S/C18H25FN2O3/c19-14-4-1-3-13(9-14)11-21(12-16-5-2-8-23-16)18(22)17-7-6-15(10-20)24-17/h1,3-4,9,15-17H,2,5-8,10-12,20H2/t15-,16?,17+/m1/s1. The van der Waals surface area contributed by atoms with Crippen LogP contribution in [0.15, 0.2) is 24.3 Å². The summed E-state index contributed by atoms with van der Waals surface area (Å²) in [6.07, 6.45) is 3.01. The van der Waals surface area contributed by atoms with E-state index in [9.17, 15) is 9.18 Å². The molecule has 1 unspecified atom stereocenters. The van der Waals surface area contributed by atoms with Crippen LogP contribution in [0, 0.1) is 5.82 Å². The molecule has 2 fully saturated rings. The third-order valence-electron chi connectivity index (χ3n) is 4.67. The Hall–Kier alpha value is -1.50. The summed E-state index contributed by atoms with van der Waals surface area (Å²) in [5, 5.41) is 0. The lowest BCUT2D eigenvalue weighted by Crippen LogP contribution is -2.43.